The van der Waals surface area contributed by atoms with Crippen LogP contribution in [0.4, 0.5) is 5.69 Å². The second-order valence-corrected chi connectivity index (χ2v) is 2.41. The SMILES string of the molecule is [B]c1cncc(NC(=O)CC)c1. The number of pyridine rings is 1. The zero-order valence-corrected chi connectivity index (χ0v) is 6.87. The highest BCUT2D eigenvalue weighted by Gasteiger charge is 1.97. The van der Waals surface area contributed by atoms with Crippen molar-refractivity contribution in [2.45, 2.75) is 13.3 Å². The molecule has 1 aromatic rings. The Morgan fingerprint density at radius 2 is 2.42 bits per heavy atom. The van der Waals surface area contributed by atoms with Crippen molar-refractivity contribution in [1.82, 2.24) is 4.98 Å². The standard InChI is InChI=1S/C8H9BN2O/c1-2-8(12)11-7-3-6(9)4-10-5-7/h3-5H,2H2,1H3,(H,11,12). The van der Waals surface area contributed by atoms with Crippen molar-refractivity contribution in [3.8, 4) is 0 Å². The molecule has 0 atom stereocenters. The highest BCUT2D eigenvalue weighted by atomic mass is 16.1. The third-order valence-electron chi connectivity index (χ3n) is 1.36. The summed E-state index contributed by atoms with van der Waals surface area (Å²) in [6.07, 6.45) is 3.54. The van der Waals surface area contributed by atoms with Gasteiger partial charge in [-0.05, 0) is 6.07 Å². The van der Waals surface area contributed by atoms with E-state index in [0.29, 0.717) is 17.6 Å². The van der Waals surface area contributed by atoms with E-state index in [1.54, 1.807) is 19.2 Å². The van der Waals surface area contributed by atoms with Crippen LogP contribution in [0.5, 0.6) is 0 Å². The Bertz CT molecular complexity index is 288. The van der Waals surface area contributed by atoms with E-state index >= 15 is 0 Å². The van der Waals surface area contributed by atoms with E-state index in [2.05, 4.69) is 10.3 Å². The first-order chi connectivity index (χ1) is 5.72. The molecule has 0 aliphatic heterocycles. The van der Waals surface area contributed by atoms with Crippen LogP contribution in [0.2, 0.25) is 0 Å². The van der Waals surface area contributed by atoms with Gasteiger partial charge in [0.05, 0.1) is 11.9 Å². The molecule has 1 heterocycles. The number of amides is 1. The Morgan fingerprint density at radius 3 is 3.00 bits per heavy atom. The van der Waals surface area contributed by atoms with Crippen LogP contribution in [-0.4, -0.2) is 18.7 Å². The first-order valence-corrected chi connectivity index (χ1v) is 3.72. The van der Waals surface area contributed by atoms with E-state index in [1.807, 2.05) is 0 Å². The summed E-state index contributed by atoms with van der Waals surface area (Å²) in [7, 11) is 5.46. The molecular weight excluding hydrogens is 151 g/mol. The number of nitrogens with one attached hydrogen (secondary N) is 1. The molecule has 4 heteroatoms. The number of aromatic nitrogens is 1. The predicted octanol–water partition coefficient (Wildman–Crippen LogP) is 0.224. The monoisotopic (exact) mass is 160 g/mol. The molecule has 2 radical (unpaired) electrons. The van der Waals surface area contributed by atoms with Crippen molar-refractivity contribution in [1.29, 1.82) is 0 Å². The maximum Gasteiger partial charge on any atom is 0.224 e. The molecule has 0 aliphatic carbocycles. The number of rotatable bonds is 2. The Balaban J connectivity index is 2.69. The summed E-state index contributed by atoms with van der Waals surface area (Å²) in [6.45, 7) is 1.79. The smallest absolute Gasteiger partial charge is 0.224 e. The van der Waals surface area contributed by atoms with Crippen LogP contribution in [0, 0.1) is 0 Å². The third kappa shape index (κ3) is 2.38. The van der Waals surface area contributed by atoms with Crippen LogP contribution < -0.4 is 10.8 Å². The molecule has 12 heavy (non-hydrogen) atoms. The van der Waals surface area contributed by atoms with E-state index in [9.17, 15) is 4.79 Å². The largest absolute Gasteiger partial charge is 0.325 e. The van der Waals surface area contributed by atoms with Gasteiger partial charge in [-0.25, -0.2) is 0 Å². The van der Waals surface area contributed by atoms with Gasteiger partial charge in [0, 0.05) is 12.6 Å². The molecule has 0 unspecified atom stereocenters. The quantitative estimate of drug-likeness (QED) is 0.629. The molecule has 60 valence electrons. The summed E-state index contributed by atoms with van der Waals surface area (Å²) < 4.78 is 0. The van der Waals surface area contributed by atoms with Crippen molar-refractivity contribution in [2.75, 3.05) is 5.32 Å². The molecule has 3 nitrogen and oxygen atoms in total. The molecule has 0 fully saturated rings. The average Bonchev–Trinajstić information content (AvgIpc) is 2.04. The number of nitrogens with zero attached hydrogens (tertiary/aromatic N) is 1. The van der Waals surface area contributed by atoms with Gasteiger partial charge in [0.2, 0.25) is 5.91 Å². The molecule has 0 aromatic carbocycles. The highest BCUT2D eigenvalue weighted by Crippen LogP contribution is 2.00. The lowest BCUT2D eigenvalue weighted by Gasteiger charge is -2.02. The van der Waals surface area contributed by atoms with Crippen LogP contribution in [-0.2, 0) is 4.79 Å². The molecule has 1 rings (SSSR count). The molecular formula is C8H9BN2O. The first-order valence-electron chi connectivity index (χ1n) is 3.72. The minimum absolute atomic E-state index is 0.0394. The summed E-state index contributed by atoms with van der Waals surface area (Å²) in [4.78, 5) is 14.7. The minimum atomic E-state index is -0.0394. The summed E-state index contributed by atoms with van der Waals surface area (Å²) in [5.74, 6) is -0.0394. The van der Waals surface area contributed by atoms with Gasteiger partial charge < -0.3 is 5.32 Å². The van der Waals surface area contributed by atoms with Crippen molar-refractivity contribution in [3.63, 3.8) is 0 Å². The lowest BCUT2D eigenvalue weighted by atomic mass is 9.99. The lowest BCUT2D eigenvalue weighted by molar-refractivity contribution is -0.115. The van der Waals surface area contributed by atoms with Crippen LogP contribution in [0.25, 0.3) is 0 Å². The molecule has 0 bridgehead atoms. The molecule has 0 saturated heterocycles. The van der Waals surface area contributed by atoms with Crippen molar-refractivity contribution < 1.29 is 4.79 Å². The van der Waals surface area contributed by atoms with Gasteiger partial charge in [-0.15, -0.1) is 0 Å². The van der Waals surface area contributed by atoms with Gasteiger partial charge in [0.25, 0.3) is 0 Å². The number of hydrogen-bond acceptors (Lipinski definition) is 2. The van der Waals surface area contributed by atoms with Crippen LogP contribution in [0.1, 0.15) is 13.3 Å². The molecule has 1 aromatic heterocycles. The van der Waals surface area contributed by atoms with E-state index in [-0.39, 0.29) is 5.91 Å². The summed E-state index contributed by atoms with van der Waals surface area (Å²) in [5, 5.41) is 2.65. The van der Waals surface area contributed by atoms with Crippen LogP contribution in [0.15, 0.2) is 18.5 Å². The number of hydrogen-bond donors (Lipinski definition) is 1. The van der Waals surface area contributed by atoms with E-state index in [1.165, 1.54) is 6.20 Å². The molecule has 1 N–H and O–H groups in total. The minimum Gasteiger partial charge on any atom is -0.325 e. The van der Waals surface area contributed by atoms with Gasteiger partial charge in [0.1, 0.15) is 7.85 Å². The third-order valence-corrected chi connectivity index (χ3v) is 1.36. The van der Waals surface area contributed by atoms with E-state index in [0.717, 1.165) is 0 Å². The molecule has 1 amide bonds. The highest BCUT2D eigenvalue weighted by molar-refractivity contribution is 6.32. The predicted molar refractivity (Wildman–Crippen MR) is 48.5 cm³/mol. The number of carbonyl (C=O) groups excluding carboxylic acids is 1. The fourth-order valence-corrected chi connectivity index (χ4v) is 0.775. The van der Waals surface area contributed by atoms with E-state index < -0.39 is 0 Å². The normalized spacial score (nSPS) is 9.42. The molecule has 0 spiro atoms. The Kier molecular flexibility index (Phi) is 2.85. The van der Waals surface area contributed by atoms with Crippen molar-refractivity contribution in [2.24, 2.45) is 0 Å². The Labute approximate surface area is 72.6 Å². The zero-order chi connectivity index (χ0) is 8.97. The van der Waals surface area contributed by atoms with E-state index in [4.69, 9.17) is 7.85 Å². The fourth-order valence-electron chi connectivity index (χ4n) is 0.775. The van der Waals surface area contributed by atoms with Gasteiger partial charge in [-0.1, -0.05) is 12.4 Å². The van der Waals surface area contributed by atoms with Crippen LogP contribution >= 0.6 is 0 Å². The van der Waals surface area contributed by atoms with Gasteiger partial charge in [-0.3, -0.25) is 9.78 Å². The molecule has 0 saturated carbocycles. The van der Waals surface area contributed by atoms with Crippen molar-refractivity contribution >= 4 is 24.9 Å². The Morgan fingerprint density at radius 1 is 1.67 bits per heavy atom. The van der Waals surface area contributed by atoms with Crippen LogP contribution in [0.3, 0.4) is 0 Å². The maximum atomic E-state index is 10.9. The second kappa shape index (κ2) is 3.90. The Hall–Kier alpha value is -1.32. The fraction of sp³-hybridized carbons (Fsp3) is 0.250. The molecule has 0 aliphatic rings. The van der Waals surface area contributed by atoms with Gasteiger partial charge in [0.15, 0.2) is 0 Å². The summed E-state index contributed by atoms with van der Waals surface area (Å²) in [6, 6.07) is 1.67. The maximum absolute atomic E-state index is 10.9. The first kappa shape index (κ1) is 8.78. The number of carbonyl (C=O) groups is 1. The lowest BCUT2D eigenvalue weighted by Crippen LogP contribution is -2.12. The second-order valence-electron chi connectivity index (χ2n) is 2.41. The topological polar surface area (TPSA) is 42.0 Å². The summed E-state index contributed by atoms with van der Waals surface area (Å²) >= 11 is 0. The van der Waals surface area contributed by atoms with Gasteiger partial charge in [-0.2, -0.15) is 0 Å². The zero-order valence-electron chi connectivity index (χ0n) is 6.87. The van der Waals surface area contributed by atoms with Gasteiger partial charge >= 0.3 is 0 Å². The van der Waals surface area contributed by atoms with Crippen molar-refractivity contribution in [3.05, 3.63) is 18.5 Å². The summed E-state index contributed by atoms with van der Waals surface area (Å²) in [5.41, 5.74) is 1.19. The number of anilines is 1. The average molecular weight is 160 g/mol.